The van der Waals surface area contributed by atoms with Crippen molar-refractivity contribution in [2.75, 3.05) is 4.72 Å². The van der Waals surface area contributed by atoms with Crippen molar-refractivity contribution in [3.63, 3.8) is 0 Å². The normalized spacial score (nSPS) is 11.2. The van der Waals surface area contributed by atoms with Gasteiger partial charge in [-0.1, -0.05) is 42.5 Å². The Kier molecular flexibility index (Phi) is 6.79. The Labute approximate surface area is 199 Å². The van der Waals surface area contributed by atoms with Gasteiger partial charge in [0, 0.05) is 36.7 Å². The van der Waals surface area contributed by atoms with Crippen molar-refractivity contribution in [1.29, 1.82) is 0 Å². The maximum atomic E-state index is 12.9. The third kappa shape index (κ3) is 5.71. The second-order valence-electron chi connectivity index (χ2n) is 8.19. The fraction of sp³-hybridized carbons (Fsp3) is 0.154. The predicted molar refractivity (Wildman–Crippen MR) is 132 cm³/mol. The largest absolute Gasteiger partial charge is 0.348 e. The Balaban J connectivity index is 1.47. The van der Waals surface area contributed by atoms with Gasteiger partial charge in [-0.3, -0.25) is 9.52 Å². The van der Waals surface area contributed by atoms with Crippen LogP contribution in [0.5, 0.6) is 0 Å². The van der Waals surface area contributed by atoms with E-state index in [2.05, 4.69) is 15.0 Å². The van der Waals surface area contributed by atoms with Crippen molar-refractivity contribution in [3.8, 4) is 0 Å². The van der Waals surface area contributed by atoms with Crippen LogP contribution in [0.2, 0.25) is 0 Å². The molecule has 174 valence electrons. The first kappa shape index (κ1) is 23.3. The average Bonchev–Trinajstić information content (AvgIpc) is 3.30. The number of sulfonamides is 1. The fourth-order valence-electron chi connectivity index (χ4n) is 3.64. The van der Waals surface area contributed by atoms with Crippen molar-refractivity contribution in [2.24, 2.45) is 0 Å². The number of rotatable bonds is 8. The van der Waals surface area contributed by atoms with Crippen molar-refractivity contribution in [2.45, 2.75) is 31.8 Å². The van der Waals surface area contributed by atoms with E-state index in [0.717, 1.165) is 16.7 Å². The summed E-state index contributed by atoms with van der Waals surface area (Å²) in [5.74, 6) is -0.329. The van der Waals surface area contributed by atoms with Crippen LogP contribution in [-0.2, 0) is 23.1 Å². The van der Waals surface area contributed by atoms with Gasteiger partial charge in [0.05, 0.1) is 11.2 Å². The molecule has 1 amide bonds. The Morgan fingerprint density at radius 2 is 1.76 bits per heavy atom. The zero-order valence-corrected chi connectivity index (χ0v) is 19.8. The summed E-state index contributed by atoms with van der Waals surface area (Å²) in [7, 11) is -3.84. The molecule has 0 radical (unpaired) electrons. The number of nitrogens with zero attached hydrogens (tertiary/aromatic N) is 2. The molecule has 34 heavy (non-hydrogen) atoms. The van der Waals surface area contributed by atoms with E-state index in [0.29, 0.717) is 29.9 Å². The lowest BCUT2D eigenvalue weighted by molar-refractivity contribution is 0.0950. The molecule has 0 saturated heterocycles. The lowest BCUT2D eigenvalue weighted by Crippen LogP contribution is -2.24. The van der Waals surface area contributed by atoms with Crippen molar-refractivity contribution in [3.05, 3.63) is 113 Å². The molecular weight excluding hydrogens is 448 g/mol. The van der Waals surface area contributed by atoms with E-state index < -0.39 is 10.0 Å². The quantitative estimate of drug-likeness (QED) is 0.399. The predicted octanol–water partition coefficient (Wildman–Crippen LogP) is 4.28. The van der Waals surface area contributed by atoms with E-state index in [-0.39, 0.29) is 10.8 Å². The second kappa shape index (κ2) is 9.93. The molecule has 1 aromatic heterocycles. The zero-order valence-electron chi connectivity index (χ0n) is 19.0. The van der Waals surface area contributed by atoms with Crippen LogP contribution in [0, 0.1) is 13.8 Å². The molecule has 0 spiro atoms. The molecule has 4 rings (SSSR count). The van der Waals surface area contributed by atoms with Crippen LogP contribution in [0.1, 0.15) is 32.6 Å². The summed E-state index contributed by atoms with van der Waals surface area (Å²) in [6.45, 7) is 4.69. The number of amides is 1. The third-order valence-electron chi connectivity index (χ3n) is 5.40. The molecular formula is C26H26N4O3S. The molecule has 0 aliphatic heterocycles. The molecule has 0 saturated carbocycles. The highest BCUT2D eigenvalue weighted by Crippen LogP contribution is 2.20. The standard InChI is InChI=1S/C26H26N4O3S/c1-19-5-3-8-23(13-19)29-34(32,33)24-10-9-20(2)25(15-24)26(31)28-16-21-6-4-7-22(14-21)17-30-12-11-27-18-30/h3-15,18,29H,16-17H2,1-2H3,(H,28,31). The highest BCUT2D eigenvalue weighted by atomic mass is 32.2. The molecule has 4 aromatic rings. The van der Waals surface area contributed by atoms with Gasteiger partial charge in [0.15, 0.2) is 0 Å². The van der Waals surface area contributed by atoms with Gasteiger partial charge in [-0.25, -0.2) is 13.4 Å². The molecule has 0 atom stereocenters. The summed E-state index contributed by atoms with van der Waals surface area (Å²) in [6, 6.07) is 19.6. The SMILES string of the molecule is Cc1cccc(NS(=O)(=O)c2ccc(C)c(C(=O)NCc3cccc(Cn4ccnc4)c3)c2)c1. The van der Waals surface area contributed by atoms with Crippen LogP contribution in [0.15, 0.2) is 90.3 Å². The lowest BCUT2D eigenvalue weighted by Gasteiger charge is -2.12. The van der Waals surface area contributed by atoms with Gasteiger partial charge in [0.25, 0.3) is 15.9 Å². The summed E-state index contributed by atoms with van der Waals surface area (Å²) in [4.78, 5) is 17.0. The number of imidazole rings is 1. The number of benzene rings is 3. The van der Waals surface area contributed by atoms with Crippen molar-refractivity contribution < 1.29 is 13.2 Å². The van der Waals surface area contributed by atoms with Crippen LogP contribution in [0.4, 0.5) is 5.69 Å². The van der Waals surface area contributed by atoms with E-state index in [1.165, 1.54) is 12.1 Å². The Morgan fingerprint density at radius 1 is 0.971 bits per heavy atom. The number of hydrogen-bond acceptors (Lipinski definition) is 4. The Morgan fingerprint density at radius 3 is 2.53 bits per heavy atom. The summed E-state index contributed by atoms with van der Waals surface area (Å²) >= 11 is 0. The van der Waals surface area contributed by atoms with Crippen LogP contribution in [-0.4, -0.2) is 23.9 Å². The van der Waals surface area contributed by atoms with Crippen molar-refractivity contribution >= 4 is 21.6 Å². The number of hydrogen-bond donors (Lipinski definition) is 2. The minimum absolute atomic E-state index is 0.0343. The van der Waals surface area contributed by atoms with E-state index in [1.807, 2.05) is 48.0 Å². The number of carbonyl (C=O) groups excluding carboxylic acids is 1. The molecule has 0 aliphatic rings. The maximum absolute atomic E-state index is 12.9. The van der Waals surface area contributed by atoms with Gasteiger partial charge in [0.2, 0.25) is 0 Å². The maximum Gasteiger partial charge on any atom is 0.261 e. The number of aromatic nitrogens is 2. The zero-order chi connectivity index (χ0) is 24.1. The van der Waals surface area contributed by atoms with Gasteiger partial charge >= 0.3 is 0 Å². The first-order valence-corrected chi connectivity index (χ1v) is 12.3. The van der Waals surface area contributed by atoms with Crippen molar-refractivity contribution in [1.82, 2.24) is 14.9 Å². The molecule has 8 heteroatoms. The van der Waals surface area contributed by atoms with Gasteiger partial charge in [0.1, 0.15) is 0 Å². The van der Waals surface area contributed by atoms with Gasteiger partial charge in [-0.05, 0) is 60.4 Å². The van der Waals surface area contributed by atoms with Crippen LogP contribution in [0.25, 0.3) is 0 Å². The molecule has 0 fully saturated rings. The summed E-state index contributed by atoms with van der Waals surface area (Å²) < 4.78 is 30.3. The second-order valence-corrected chi connectivity index (χ2v) is 9.87. The Bertz CT molecular complexity index is 1410. The number of anilines is 1. The molecule has 3 aromatic carbocycles. The molecule has 0 aliphatic carbocycles. The highest BCUT2D eigenvalue weighted by molar-refractivity contribution is 7.92. The molecule has 7 nitrogen and oxygen atoms in total. The van der Waals surface area contributed by atoms with E-state index in [4.69, 9.17) is 0 Å². The Hall–Kier alpha value is -3.91. The summed E-state index contributed by atoms with van der Waals surface area (Å²) in [5, 5.41) is 2.90. The van der Waals surface area contributed by atoms with Crippen LogP contribution >= 0.6 is 0 Å². The monoisotopic (exact) mass is 474 g/mol. The van der Waals surface area contributed by atoms with Gasteiger partial charge < -0.3 is 9.88 Å². The summed E-state index contributed by atoms with van der Waals surface area (Å²) in [5.41, 5.74) is 4.48. The average molecular weight is 475 g/mol. The van der Waals surface area contributed by atoms with Crippen LogP contribution in [0.3, 0.4) is 0 Å². The smallest absolute Gasteiger partial charge is 0.261 e. The topological polar surface area (TPSA) is 93.1 Å². The first-order valence-electron chi connectivity index (χ1n) is 10.8. The van der Waals surface area contributed by atoms with E-state index >= 15 is 0 Å². The minimum Gasteiger partial charge on any atom is -0.348 e. The highest BCUT2D eigenvalue weighted by Gasteiger charge is 2.18. The molecule has 0 unspecified atom stereocenters. The lowest BCUT2D eigenvalue weighted by atomic mass is 10.1. The fourth-order valence-corrected chi connectivity index (χ4v) is 4.72. The van der Waals surface area contributed by atoms with E-state index in [9.17, 15) is 13.2 Å². The molecule has 2 N–H and O–H groups in total. The summed E-state index contributed by atoms with van der Waals surface area (Å²) in [6.07, 6.45) is 5.38. The molecule has 0 bridgehead atoms. The number of aryl methyl sites for hydroxylation is 2. The number of carbonyl (C=O) groups is 1. The first-order chi connectivity index (χ1) is 16.3. The third-order valence-corrected chi connectivity index (χ3v) is 6.78. The van der Waals surface area contributed by atoms with Gasteiger partial charge in [-0.2, -0.15) is 0 Å². The van der Waals surface area contributed by atoms with E-state index in [1.54, 1.807) is 43.7 Å². The minimum atomic E-state index is -3.84. The van der Waals surface area contributed by atoms with Crippen LogP contribution < -0.4 is 10.0 Å². The number of nitrogens with one attached hydrogen (secondary N) is 2. The molecule has 1 heterocycles. The van der Waals surface area contributed by atoms with Gasteiger partial charge in [-0.15, -0.1) is 0 Å².